The molecule has 0 aliphatic carbocycles. The molecule has 4 rings (SSSR count). The van der Waals surface area contributed by atoms with E-state index in [4.69, 9.17) is 0 Å². The molecule has 2 aromatic heterocycles. The monoisotopic (exact) mass is 371 g/mol. The number of anilines is 1. The van der Waals surface area contributed by atoms with Gasteiger partial charge in [0, 0.05) is 43.1 Å². The second-order valence-electron chi connectivity index (χ2n) is 6.19. The van der Waals surface area contributed by atoms with Gasteiger partial charge in [0.15, 0.2) is 5.82 Å². The third kappa shape index (κ3) is 3.33. The first-order chi connectivity index (χ1) is 13.6. The number of aromatic nitrogens is 4. The van der Waals surface area contributed by atoms with E-state index in [-0.39, 0.29) is 11.7 Å². The SMILES string of the molecule is Cn1ccnc1C(=O)c1ccc(NC(=O)c2ccccc2-n2cccn2)cc1. The van der Waals surface area contributed by atoms with E-state index in [0.29, 0.717) is 28.3 Å². The molecule has 0 atom stereocenters. The number of rotatable bonds is 5. The van der Waals surface area contributed by atoms with Crippen molar-refractivity contribution in [2.45, 2.75) is 0 Å². The normalized spacial score (nSPS) is 10.6. The van der Waals surface area contributed by atoms with Gasteiger partial charge in [-0.25, -0.2) is 9.67 Å². The van der Waals surface area contributed by atoms with Gasteiger partial charge in [0.25, 0.3) is 5.91 Å². The van der Waals surface area contributed by atoms with Gasteiger partial charge in [-0.3, -0.25) is 9.59 Å². The second kappa shape index (κ2) is 7.32. The maximum atomic E-state index is 12.7. The fourth-order valence-corrected chi connectivity index (χ4v) is 2.89. The molecule has 0 saturated heterocycles. The molecule has 28 heavy (non-hydrogen) atoms. The summed E-state index contributed by atoms with van der Waals surface area (Å²) < 4.78 is 3.31. The highest BCUT2D eigenvalue weighted by Crippen LogP contribution is 2.17. The number of hydrogen-bond donors (Lipinski definition) is 1. The number of ketones is 1. The van der Waals surface area contributed by atoms with Gasteiger partial charge in [-0.15, -0.1) is 0 Å². The van der Waals surface area contributed by atoms with Gasteiger partial charge in [-0.05, 0) is 42.5 Å². The quantitative estimate of drug-likeness (QED) is 0.547. The van der Waals surface area contributed by atoms with E-state index in [1.807, 2.05) is 12.1 Å². The van der Waals surface area contributed by atoms with Crippen molar-refractivity contribution in [2.24, 2.45) is 7.05 Å². The molecule has 0 fully saturated rings. The lowest BCUT2D eigenvalue weighted by molar-refractivity contribution is 0.102. The van der Waals surface area contributed by atoms with Gasteiger partial charge in [0.2, 0.25) is 5.78 Å². The molecule has 0 aliphatic heterocycles. The average Bonchev–Trinajstić information content (AvgIpc) is 3.40. The largest absolute Gasteiger partial charge is 0.331 e. The molecule has 0 bridgehead atoms. The van der Waals surface area contributed by atoms with E-state index in [0.717, 1.165) is 0 Å². The molecule has 1 amide bonds. The predicted molar refractivity (Wildman–Crippen MR) is 105 cm³/mol. The van der Waals surface area contributed by atoms with Crippen molar-refractivity contribution < 1.29 is 9.59 Å². The van der Waals surface area contributed by atoms with Crippen LogP contribution in [0.2, 0.25) is 0 Å². The molecular weight excluding hydrogens is 354 g/mol. The smallest absolute Gasteiger partial charge is 0.257 e. The van der Waals surface area contributed by atoms with E-state index in [2.05, 4.69) is 15.4 Å². The summed E-state index contributed by atoms with van der Waals surface area (Å²) in [7, 11) is 1.77. The van der Waals surface area contributed by atoms with Crippen LogP contribution in [0, 0.1) is 0 Å². The van der Waals surface area contributed by atoms with Crippen LogP contribution in [-0.2, 0) is 7.05 Å². The fraction of sp³-hybridized carbons (Fsp3) is 0.0476. The minimum Gasteiger partial charge on any atom is -0.331 e. The molecule has 0 aliphatic rings. The number of para-hydroxylation sites is 1. The Labute approximate surface area is 161 Å². The van der Waals surface area contributed by atoms with Crippen molar-refractivity contribution in [1.82, 2.24) is 19.3 Å². The number of benzene rings is 2. The molecule has 0 saturated carbocycles. The molecule has 0 spiro atoms. The Bertz CT molecular complexity index is 1130. The average molecular weight is 371 g/mol. The van der Waals surface area contributed by atoms with Crippen molar-refractivity contribution >= 4 is 17.4 Å². The number of amides is 1. The Hall–Kier alpha value is -4.00. The highest BCUT2D eigenvalue weighted by molar-refractivity contribution is 6.08. The molecule has 2 heterocycles. The van der Waals surface area contributed by atoms with E-state index < -0.39 is 0 Å². The number of hydrogen-bond acceptors (Lipinski definition) is 4. The first-order valence-electron chi connectivity index (χ1n) is 8.66. The Kier molecular flexibility index (Phi) is 4.55. The van der Waals surface area contributed by atoms with Crippen LogP contribution in [0.5, 0.6) is 0 Å². The van der Waals surface area contributed by atoms with Gasteiger partial charge >= 0.3 is 0 Å². The molecule has 7 heteroatoms. The van der Waals surface area contributed by atoms with Crippen LogP contribution >= 0.6 is 0 Å². The lowest BCUT2D eigenvalue weighted by Gasteiger charge is -2.10. The van der Waals surface area contributed by atoms with Crippen LogP contribution in [-0.4, -0.2) is 31.0 Å². The summed E-state index contributed by atoms with van der Waals surface area (Å²) in [5.41, 5.74) is 2.28. The van der Waals surface area contributed by atoms with E-state index in [1.54, 1.807) is 83.5 Å². The number of aryl methyl sites for hydroxylation is 1. The van der Waals surface area contributed by atoms with Crippen LogP contribution in [0.4, 0.5) is 5.69 Å². The summed E-state index contributed by atoms with van der Waals surface area (Å²) in [6.45, 7) is 0. The van der Waals surface area contributed by atoms with Gasteiger partial charge in [-0.2, -0.15) is 5.10 Å². The topological polar surface area (TPSA) is 81.8 Å². The predicted octanol–water partition coefficient (Wildman–Crippen LogP) is 3.09. The number of nitrogens with one attached hydrogen (secondary N) is 1. The minimum atomic E-state index is -0.255. The van der Waals surface area contributed by atoms with Gasteiger partial charge in [0.05, 0.1) is 11.3 Å². The summed E-state index contributed by atoms with van der Waals surface area (Å²) in [6, 6.07) is 15.8. The van der Waals surface area contributed by atoms with Crippen molar-refractivity contribution in [3.8, 4) is 5.69 Å². The first kappa shape index (κ1) is 17.4. The van der Waals surface area contributed by atoms with Gasteiger partial charge < -0.3 is 9.88 Å². The zero-order valence-corrected chi connectivity index (χ0v) is 15.1. The van der Waals surface area contributed by atoms with Crippen LogP contribution in [0.1, 0.15) is 26.5 Å². The first-order valence-corrected chi connectivity index (χ1v) is 8.66. The van der Waals surface area contributed by atoms with Crippen LogP contribution < -0.4 is 5.32 Å². The van der Waals surface area contributed by atoms with E-state index in [9.17, 15) is 9.59 Å². The fourth-order valence-electron chi connectivity index (χ4n) is 2.89. The minimum absolute atomic E-state index is 0.172. The lowest BCUT2D eigenvalue weighted by atomic mass is 10.1. The highest BCUT2D eigenvalue weighted by atomic mass is 16.1. The number of carbonyl (C=O) groups is 2. The molecule has 0 unspecified atom stereocenters. The second-order valence-corrected chi connectivity index (χ2v) is 6.19. The highest BCUT2D eigenvalue weighted by Gasteiger charge is 2.15. The summed E-state index contributed by atoms with van der Waals surface area (Å²) in [5, 5.41) is 7.05. The zero-order valence-electron chi connectivity index (χ0n) is 15.1. The summed E-state index contributed by atoms with van der Waals surface area (Å²) in [5.74, 6) is -0.0615. The third-order valence-corrected chi connectivity index (χ3v) is 4.33. The van der Waals surface area contributed by atoms with Gasteiger partial charge in [-0.1, -0.05) is 12.1 Å². The number of nitrogens with zero attached hydrogens (tertiary/aromatic N) is 4. The Morgan fingerprint density at radius 1 is 0.929 bits per heavy atom. The Morgan fingerprint density at radius 2 is 1.71 bits per heavy atom. The molecule has 2 aromatic carbocycles. The molecular formula is C21H17N5O2. The van der Waals surface area contributed by atoms with Crippen molar-refractivity contribution in [2.75, 3.05) is 5.32 Å². The Morgan fingerprint density at radius 3 is 2.39 bits per heavy atom. The number of carbonyl (C=O) groups excluding carboxylic acids is 2. The standard InChI is InChI=1S/C21H17N5O2/c1-25-14-12-22-20(25)19(27)15-7-9-16(10-8-15)24-21(28)17-5-2-3-6-18(17)26-13-4-11-23-26/h2-14H,1H3,(H,24,28). The van der Waals surface area contributed by atoms with Crippen molar-refractivity contribution in [3.63, 3.8) is 0 Å². The summed E-state index contributed by atoms with van der Waals surface area (Å²) >= 11 is 0. The van der Waals surface area contributed by atoms with Gasteiger partial charge in [0.1, 0.15) is 0 Å². The van der Waals surface area contributed by atoms with Crippen LogP contribution in [0.3, 0.4) is 0 Å². The maximum Gasteiger partial charge on any atom is 0.257 e. The van der Waals surface area contributed by atoms with Crippen LogP contribution in [0.25, 0.3) is 5.69 Å². The Balaban J connectivity index is 1.54. The van der Waals surface area contributed by atoms with Crippen LogP contribution in [0.15, 0.2) is 79.4 Å². The molecule has 138 valence electrons. The number of imidazole rings is 1. The lowest BCUT2D eigenvalue weighted by Crippen LogP contribution is -2.15. The molecule has 1 N–H and O–H groups in total. The zero-order chi connectivity index (χ0) is 19.5. The van der Waals surface area contributed by atoms with E-state index >= 15 is 0 Å². The third-order valence-electron chi connectivity index (χ3n) is 4.33. The molecule has 4 aromatic rings. The summed E-state index contributed by atoms with van der Waals surface area (Å²) in [4.78, 5) is 29.3. The van der Waals surface area contributed by atoms with Crippen molar-refractivity contribution in [3.05, 3.63) is 96.3 Å². The molecule has 7 nitrogen and oxygen atoms in total. The maximum absolute atomic E-state index is 12.7. The van der Waals surface area contributed by atoms with E-state index in [1.165, 1.54) is 0 Å². The van der Waals surface area contributed by atoms with Crippen molar-refractivity contribution in [1.29, 1.82) is 0 Å². The molecule has 0 radical (unpaired) electrons. The summed E-state index contributed by atoms with van der Waals surface area (Å²) in [6.07, 6.45) is 6.74.